The highest BCUT2D eigenvalue weighted by atomic mass is 16.6. The lowest BCUT2D eigenvalue weighted by Crippen LogP contribution is -2.28. The van der Waals surface area contributed by atoms with Gasteiger partial charge in [0, 0.05) is 12.8 Å². The number of esters is 2. The molecule has 0 saturated heterocycles. The zero-order valence-electron chi connectivity index (χ0n) is 51.4. The highest BCUT2D eigenvalue weighted by Crippen LogP contribution is 2.17. The molecule has 5 nitrogen and oxygen atoms in total. The van der Waals surface area contributed by atoms with Gasteiger partial charge in [-0.05, 0) is 103 Å². The summed E-state index contributed by atoms with van der Waals surface area (Å²) in [7, 11) is 0. The first-order chi connectivity index (χ1) is 38.6. The van der Waals surface area contributed by atoms with E-state index in [4.69, 9.17) is 9.47 Å². The smallest absolute Gasteiger partial charge is 0.306 e. The summed E-state index contributed by atoms with van der Waals surface area (Å²) in [6, 6.07) is 0. The van der Waals surface area contributed by atoms with Gasteiger partial charge in [-0.3, -0.25) is 9.59 Å². The fourth-order valence-corrected chi connectivity index (χ4v) is 9.57. The first-order valence-corrected chi connectivity index (χ1v) is 33.4. The van der Waals surface area contributed by atoms with Crippen molar-refractivity contribution >= 4 is 11.9 Å². The molecule has 0 amide bonds. The summed E-state index contributed by atoms with van der Waals surface area (Å²) in [4.78, 5) is 24.6. The van der Waals surface area contributed by atoms with E-state index >= 15 is 0 Å². The zero-order valence-corrected chi connectivity index (χ0v) is 51.4. The highest BCUT2D eigenvalue weighted by Gasteiger charge is 2.16. The predicted molar refractivity (Wildman–Crippen MR) is 343 cm³/mol. The van der Waals surface area contributed by atoms with Crippen LogP contribution in [0, 0.1) is 0 Å². The molecule has 1 unspecified atom stereocenters. The normalized spacial score (nSPS) is 12.9. The maximum Gasteiger partial charge on any atom is 0.306 e. The van der Waals surface area contributed by atoms with Gasteiger partial charge in [-0.2, -0.15) is 0 Å². The fraction of sp³-hybridized carbons (Fsp3) is 0.726. The number of hydrogen-bond acceptors (Lipinski definition) is 5. The molecule has 0 aliphatic rings. The minimum absolute atomic E-state index is 0.0750. The second-order valence-corrected chi connectivity index (χ2v) is 22.2. The third-order valence-corrected chi connectivity index (χ3v) is 14.6. The Labute approximate surface area is 484 Å². The van der Waals surface area contributed by atoms with Crippen molar-refractivity contribution in [3.8, 4) is 0 Å². The molecular weight excluding hydrogens is 957 g/mol. The average Bonchev–Trinajstić information content (AvgIpc) is 3.44. The second-order valence-electron chi connectivity index (χ2n) is 22.2. The van der Waals surface area contributed by atoms with Crippen molar-refractivity contribution in [2.24, 2.45) is 0 Å². The van der Waals surface area contributed by atoms with Crippen LogP contribution in [0.1, 0.15) is 322 Å². The summed E-state index contributed by atoms with van der Waals surface area (Å²) in [5.74, 6) is -0.601. The Bertz CT molecular complexity index is 1510. The number of allylic oxidation sites excluding steroid dienone is 18. The lowest BCUT2D eigenvalue weighted by Gasteiger charge is -2.15. The molecule has 1 atom stereocenters. The Balaban J connectivity index is 3.50. The molecule has 0 rings (SSSR count). The lowest BCUT2D eigenvalue weighted by molar-refractivity contribution is -0.161. The molecular formula is C73H126O5. The molecule has 0 aliphatic carbocycles. The minimum Gasteiger partial charge on any atom is -0.462 e. The predicted octanol–water partition coefficient (Wildman–Crippen LogP) is 23.2. The van der Waals surface area contributed by atoms with Gasteiger partial charge in [0.25, 0.3) is 0 Å². The molecule has 0 fully saturated rings. The second kappa shape index (κ2) is 67.8. The van der Waals surface area contributed by atoms with Crippen LogP contribution in [-0.2, 0) is 19.1 Å². The van der Waals surface area contributed by atoms with Gasteiger partial charge in [-0.1, -0.05) is 316 Å². The molecule has 0 saturated carbocycles. The Morgan fingerprint density at radius 3 is 0.846 bits per heavy atom. The first-order valence-electron chi connectivity index (χ1n) is 33.4. The molecule has 0 aromatic heterocycles. The largest absolute Gasteiger partial charge is 0.462 e. The molecule has 0 heterocycles. The monoisotopic (exact) mass is 1080 g/mol. The highest BCUT2D eigenvalue weighted by molar-refractivity contribution is 5.70. The summed E-state index contributed by atoms with van der Waals surface area (Å²) in [6.45, 7) is 4.04. The number of aliphatic hydroxyl groups excluding tert-OH is 1. The molecule has 1 N–H and O–H groups in total. The molecule has 0 spiro atoms. The van der Waals surface area contributed by atoms with E-state index in [1.165, 1.54) is 199 Å². The van der Waals surface area contributed by atoms with Crippen LogP contribution in [0.3, 0.4) is 0 Å². The van der Waals surface area contributed by atoms with Crippen molar-refractivity contribution in [3.63, 3.8) is 0 Å². The maximum absolute atomic E-state index is 12.3. The van der Waals surface area contributed by atoms with Crippen LogP contribution in [0.5, 0.6) is 0 Å². The Morgan fingerprint density at radius 1 is 0.308 bits per heavy atom. The summed E-state index contributed by atoms with van der Waals surface area (Å²) in [6.07, 6.45) is 98.2. The van der Waals surface area contributed by atoms with Gasteiger partial charge in [-0.15, -0.1) is 0 Å². The Morgan fingerprint density at radius 2 is 0.551 bits per heavy atom. The van der Waals surface area contributed by atoms with Crippen molar-refractivity contribution in [3.05, 3.63) is 109 Å². The van der Waals surface area contributed by atoms with Crippen LogP contribution < -0.4 is 0 Å². The van der Waals surface area contributed by atoms with Crippen molar-refractivity contribution in [1.29, 1.82) is 0 Å². The van der Waals surface area contributed by atoms with Crippen molar-refractivity contribution in [2.75, 3.05) is 13.2 Å². The van der Waals surface area contributed by atoms with E-state index < -0.39 is 6.10 Å². The van der Waals surface area contributed by atoms with Crippen molar-refractivity contribution < 1.29 is 24.2 Å². The van der Waals surface area contributed by atoms with E-state index in [2.05, 4.69) is 123 Å². The van der Waals surface area contributed by atoms with Gasteiger partial charge in [0.05, 0.1) is 6.61 Å². The van der Waals surface area contributed by atoms with E-state index in [-0.39, 0.29) is 25.2 Å². The van der Waals surface area contributed by atoms with Gasteiger partial charge in [-0.25, -0.2) is 0 Å². The lowest BCUT2D eigenvalue weighted by atomic mass is 10.0. The zero-order chi connectivity index (χ0) is 56.2. The first kappa shape index (κ1) is 74.6. The number of aliphatic hydroxyl groups is 1. The van der Waals surface area contributed by atoms with Crippen LogP contribution >= 0.6 is 0 Å². The average molecular weight is 1080 g/mol. The summed E-state index contributed by atoms with van der Waals surface area (Å²) in [5, 5.41) is 9.69. The van der Waals surface area contributed by atoms with Gasteiger partial charge in [0.1, 0.15) is 6.61 Å². The molecule has 0 bridgehead atoms. The molecule has 5 heteroatoms. The van der Waals surface area contributed by atoms with Crippen LogP contribution in [0.15, 0.2) is 109 Å². The van der Waals surface area contributed by atoms with Gasteiger partial charge in [0.2, 0.25) is 0 Å². The molecule has 0 aliphatic heterocycles. The van der Waals surface area contributed by atoms with E-state index in [0.29, 0.717) is 12.8 Å². The number of rotatable bonds is 61. The summed E-state index contributed by atoms with van der Waals surface area (Å²) < 4.78 is 10.7. The molecule has 78 heavy (non-hydrogen) atoms. The third-order valence-electron chi connectivity index (χ3n) is 14.6. The van der Waals surface area contributed by atoms with Crippen LogP contribution in [0.25, 0.3) is 0 Å². The van der Waals surface area contributed by atoms with Crippen LogP contribution in [0.4, 0.5) is 0 Å². The maximum atomic E-state index is 12.3. The van der Waals surface area contributed by atoms with E-state index in [1.54, 1.807) is 0 Å². The Hall–Kier alpha value is -3.44. The number of carbonyl (C=O) groups excluding carboxylic acids is 2. The van der Waals surface area contributed by atoms with E-state index in [1.807, 2.05) is 0 Å². The third kappa shape index (κ3) is 65.1. The summed E-state index contributed by atoms with van der Waals surface area (Å²) in [5.41, 5.74) is 0. The van der Waals surface area contributed by atoms with E-state index in [0.717, 1.165) is 96.3 Å². The number of hydrogen-bond donors (Lipinski definition) is 1. The summed E-state index contributed by atoms with van der Waals surface area (Å²) >= 11 is 0. The number of ether oxygens (including phenoxy) is 2. The fourth-order valence-electron chi connectivity index (χ4n) is 9.57. The van der Waals surface area contributed by atoms with Crippen molar-refractivity contribution in [1.82, 2.24) is 0 Å². The van der Waals surface area contributed by atoms with Crippen LogP contribution in [0.2, 0.25) is 0 Å². The minimum atomic E-state index is -0.788. The number of carbonyl (C=O) groups is 2. The van der Waals surface area contributed by atoms with Gasteiger partial charge >= 0.3 is 11.9 Å². The quantitative estimate of drug-likeness (QED) is 0.0373. The number of unbranched alkanes of at least 4 members (excludes halogenated alkanes) is 35. The standard InChI is InChI=1S/C73H126O5/c1-3-5-7-9-11-13-15-17-19-21-23-25-27-29-31-33-35-36-38-39-41-43-45-47-49-51-53-55-57-59-61-63-65-67-72(75)77-70-71(69-74)78-73(76)68-66-64-62-60-58-56-54-52-50-48-46-44-42-40-37-34-32-30-28-26-24-22-20-18-16-14-12-10-8-6-4-2/h6,8,12,14,18,20-21,23-24,26,30,32,37,40,44,46,50,52,71,74H,3-5,7,9-11,13,15-17,19,22,25,27-29,31,33-36,38-39,41-43,45,47-49,51,53-70H2,1-2H3/b8-6-,14-12-,20-18-,23-21-,26-24-,32-30-,40-37-,46-44-,52-50-. The van der Waals surface area contributed by atoms with Crippen LogP contribution in [-0.4, -0.2) is 36.4 Å². The molecule has 448 valence electrons. The molecule has 0 aromatic carbocycles. The van der Waals surface area contributed by atoms with Gasteiger partial charge in [0.15, 0.2) is 6.10 Å². The van der Waals surface area contributed by atoms with Crippen molar-refractivity contribution in [2.45, 2.75) is 328 Å². The molecule has 0 aromatic rings. The molecule has 0 radical (unpaired) electrons. The SMILES string of the molecule is CC/C=C\C/C=C\C/C=C\C/C=C\C/C=C\C/C=C\C/C=C\C/C=C\CCCCCCCCC(=O)OC(CO)COC(=O)CCCCCCCCCCCCCCCCCCCCCCC/C=C\CCCCCCCCCC. The Kier molecular flexibility index (Phi) is 64.8. The van der Waals surface area contributed by atoms with E-state index in [9.17, 15) is 14.7 Å². The topological polar surface area (TPSA) is 72.8 Å². The van der Waals surface area contributed by atoms with Gasteiger partial charge < -0.3 is 14.6 Å².